The van der Waals surface area contributed by atoms with E-state index in [0.717, 1.165) is 12.1 Å². The molecule has 1 N–H and O–H groups in total. The molecule has 0 heterocycles. The van der Waals surface area contributed by atoms with E-state index in [4.69, 9.17) is 21.4 Å². The highest BCUT2D eigenvalue weighted by molar-refractivity contribution is 6.32. The van der Waals surface area contributed by atoms with Crippen molar-refractivity contribution in [3.63, 3.8) is 0 Å². The average molecular weight is 204 g/mol. The molecule has 6 heteroatoms. The van der Waals surface area contributed by atoms with Crippen LogP contribution >= 0.6 is 11.6 Å². The van der Waals surface area contributed by atoms with Crippen LogP contribution in [0.4, 0.5) is 5.69 Å². The van der Waals surface area contributed by atoms with Crippen molar-refractivity contribution < 1.29 is 14.8 Å². The van der Waals surface area contributed by atoms with Crippen LogP contribution in [-0.4, -0.2) is 17.1 Å². The van der Waals surface area contributed by atoms with Crippen LogP contribution in [0.5, 0.6) is 11.5 Å². The van der Waals surface area contributed by atoms with E-state index in [1.807, 2.05) is 0 Å². The van der Waals surface area contributed by atoms with Gasteiger partial charge in [0.05, 0.1) is 23.1 Å². The third kappa shape index (κ3) is 1.81. The Bertz CT molecular complexity index is 353. The van der Waals surface area contributed by atoms with E-state index >= 15 is 0 Å². The molecule has 5 nitrogen and oxygen atoms in total. The van der Waals surface area contributed by atoms with Crippen LogP contribution in [0.3, 0.4) is 0 Å². The van der Waals surface area contributed by atoms with Crippen molar-refractivity contribution in [1.29, 1.82) is 0 Å². The number of phenols is 1. The molecule has 70 valence electrons. The van der Waals surface area contributed by atoms with E-state index < -0.39 is 16.4 Å². The van der Waals surface area contributed by atoms with E-state index in [1.54, 1.807) is 0 Å². The molecule has 0 spiro atoms. The van der Waals surface area contributed by atoms with Gasteiger partial charge in [-0.15, -0.1) is 0 Å². The lowest BCUT2D eigenvalue weighted by Gasteiger charge is -2.02. The lowest BCUT2D eigenvalue weighted by molar-refractivity contribution is -0.385. The van der Waals surface area contributed by atoms with Gasteiger partial charge in [0.25, 0.3) is 0 Å². The Morgan fingerprint density at radius 3 is 2.69 bits per heavy atom. The van der Waals surface area contributed by atoms with Gasteiger partial charge in [0.15, 0.2) is 5.75 Å². The molecule has 0 radical (unpaired) electrons. The first-order chi connectivity index (χ1) is 6.06. The summed E-state index contributed by atoms with van der Waals surface area (Å²) in [6.07, 6.45) is 0. The maximum atomic E-state index is 10.3. The number of ether oxygens (including phenoxy) is 1. The number of hydrogen-bond donors (Lipinski definition) is 1. The van der Waals surface area contributed by atoms with Crippen LogP contribution in [0.1, 0.15) is 0 Å². The number of benzene rings is 1. The van der Waals surface area contributed by atoms with Gasteiger partial charge < -0.3 is 9.84 Å². The van der Waals surface area contributed by atoms with Gasteiger partial charge in [0.2, 0.25) is 0 Å². The Kier molecular flexibility index (Phi) is 2.57. The van der Waals surface area contributed by atoms with E-state index in [0.29, 0.717) is 0 Å². The van der Waals surface area contributed by atoms with Crippen molar-refractivity contribution in [2.24, 2.45) is 0 Å². The SMILES string of the molecule is COc1cc([N+](=O)[O-])c(O)cc1Cl. The average Bonchev–Trinajstić information content (AvgIpc) is 2.03. The standard InChI is InChI=1S/C7H6ClNO4/c1-13-7-3-5(9(11)12)6(10)2-4(7)8/h2-3,10H,1H3. The van der Waals surface area contributed by atoms with Crippen molar-refractivity contribution in [3.05, 3.63) is 27.3 Å². The zero-order chi connectivity index (χ0) is 10.0. The van der Waals surface area contributed by atoms with Crippen molar-refractivity contribution >= 4 is 17.3 Å². The largest absolute Gasteiger partial charge is 0.502 e. The Labute approximate surface area is 78.7 Å². The molecule has 0 saturated heterocycles. The molecule has 0 fully saturated rings. The van der Waals surface area contributed by atoms with E-state index in [1.165, 1.54) is 7.11 Å². The fraction of sp³-hybridized carbons (Fsp3) is 0.143. The summed E-state index contributed by atoms with van der Waals surface area (Å²) < 4.78 is 4.74. The summed E-state index contributed by atoms with van der Waals surface area (Å²) in [6.45, 7) is 0. The van der Waals surface area contributed by atoms with Gasteiger partial charge in [-0.2, -0.15) is 0 Å². The predicted octanol–water partition coefficient (Wildman–Crippen LogP) is 1.96. The highest BCUT2D eigenvalue weighted by atomic mass is 35.5. The van der Waals surface area contributed by atoms with Crippen molar-refractivity contribution in [2.75, 3.05) is 7.11 Å². The normalized spacial score (nSPS) is 9.69. The zero-order valence-electron chi connectivity index (χ0n) is 6.65. The molecule has 0 amide bonds. The summed E-state index contributed by atoms with van der Waals surface area (Å²) in [5, 5.41) is 19.6. The van der Waals surface area contributed by atoms with Crippen LogP contribution < -0.4 is 4.74 Å². The van der Waals surface area contributed by atoms with Crippen LogP contribution in [0, 0.1) is 10.1 Å². The summed E-state index contributed by atoms with van der Waals surface area (Å²) in [7, 11) is 1.34. The molecule has 0 atom stereocenters. The number of phenolic OH excluding ortho intramolecular Hbond substituents is 1. The highest BCUT2D eigenvalue weighted by Gasteiger charge is 2.16. The fourth-order valence-corrected chi connectivity index (χ4v) is 1.07. The molecule has 0 aromatic heterocycles. The lowest BCUT2D eigenvalue weighted by Crippen LogP contribution is -1.91. The first-order valence-corrected chi connectivity index (χ1v) is 3.65. The Morgan fingerprint density at radius 2 is 2.23 bits per heavy atom. The predicted molar refractivity (Wildman–Crippen MR) is 46.3 cm³/mol. The molecule has 0 unspecified atom stereocenters. The Hall–Kier alpha value is -1.49. The lowest BCUT2D eigenvalue weighted by atomic mass is 10.3. The second-order valence-electron chi connectivity index (χ2n) is 2.23. The number of rotatable bonds is 2. The number of nitrogens with zero attached hydrogens (tertiary/aromatic N) is 1. The molecule has 0 saturated carbocycles. The second-order valence-corrected chi connectivity index (χ2v) is 2.64. The van der Waals surface area contributed by atoms with Crippen LogP contribution in [-0.2, 0) is 0 Å². The second kappa shape index (κ2) is 3.49. The van der Waals surface area contributed by atoms with Crippen molar-refractivity contribution in [2.45, 2.75) is 0 Å². The zero-order valence-corrected chi connectivity index (χ0v) is 7.41. The maximum Gasteiger partial charge on any atom is 0.314 e. The topological polar surface area (TPSA) is 72.6 Å². The van der Waals surface area contributed by atoms with E-state index in [2.05, 4.69) is 0 Å². The van der Waals surface area contributed by atoms with Crippen LogP contribution in [0.2, 0.25) is 5.02 Å². The molecule has 1 aromatic carbocycles. The quantitative estimate of drug-likeness (QED) is 0.589. The summed E-state index contributed by atoms with van der Waals surface area (Å²) in [5.41, 5.74) is -0.429. The number of aromatic hydroxyl groups is 1. The number of halogens is 1. The number of methoxy groups -OCH3 is 1. The fourth-order valence-electron chi connectivity index (χ4n) is 0.835. The molecule has 0 aliphatic heterocycles. The molecule has 0 bridgehead atoms. The molecule has 1 aromatic rings. The monoisotopic (exact) mass is 203 g/mol. The minimum Gasteiger partial charge on any atom is -0.502 e. The third-order valence-corrected chi connectivity index (χ3v) is 1.74. The van der Waals surface area contributed by atoms with Crippen LogP contribution in [0.25, 0.3) is 0 Å². The molecule has 13 heavy (non-hydrogen) atoms. The van der Waals surface area contributed by atoms with Crippen molar-refractivity contribution in [1.82, 2.24) is 0 Å². The third-order valence-electron chi connectivity index (χ3n) is 1.45. The van der Waals surface area contributed by atoms with Gasteiger partial charge in [-0.05, 0) is 0 Å². The summed E-state index contributed by atoms with van der Waals surface area (Å²) in [4.78, 5) is 9.63. The number of nitro groups is 1. The Morgan fingerprint density at radius 1 is 1.62 bits per heavy atom. The molecular weight excluding hydrogens is 198 g/mol. The van der Waals surface area contributed by atoms with Gasteiger partial charge in [0.1, 0.15) is 5.75 Å². The van der Waals surface area contributed by atoms with Gasteiger partial charge in [0, 0.05) is 6.07 Å². The molecular formula is C7H6ClNO4. The smallest absolute Gasteiger partial charge is 0.314 e. The molecule has 1 rings (SSSR count). The van der Waals surface area contributed by atoms with Gasteiger partial charge in [-0.3, -0.25) is 10.1 Å². The molecule has 0 aliphatic carbocycles. The van der Waals surface area contributed by atoms with Crippen molar-refractivity contribution in [3.8, 4) is 11.5 Å². The van der Waals surface area contributed by atoms with E-state index in [-0.39, 0.29) is 10.8 Å². The first-order valence-electron chi connectivity index (χ1n) is 3.27. The van der Waals surface area contributed by atoms with Gasteiger partial charge in [-0.25, -0.2) is 0 Å². The summed E-state index contributed by atoms with van der Waals surface area (Å²) in [5.74, 6) is -0.318. The number of hydrogen-bond acceptors (Lipinski definition) is 4. The summed E-state index contributed by atoms with van der Waals surface area (Å²) in [6, 6.07) is 2.14. The first kappa shape index (κ1) is 9.60. The van der Waals surface area contributed by atoms with Gasteiger partial charge >= 0.3 is 5.69 Å². The summed E-state index contributed by atoms with van der Waals surface area (Å²) >= 11 is 5.60. The van der Waals surface area contributed by atoms with E-state index in [9.17, 15) is 10.1 Å². The number of nitro benzene ring substituents is 1. The minimum atomic E-state index is -0.714. The Balaban J connectivity index is 3.30. The van der Waals surface area contributed by atoms with Gasteiger partial charge in [-0.1, -0.05) is 11.6 Å². The molecule has 0 aliphatic rings. The minimum absolute atomic E-state index is 0.130. The van der Waals surface area contributed by atoms with Crippen LogP contribution in [0.15, 0.2) is 12.1 Å². The highest BCUT2D eigenvalue weighted by Crippen LogP contribution is 2.36. The maximum absolute atomic E-state index is 10.3.